The molecule has 2 aromatic carbocycles. The van der Waals surface area contributed by atoms with Crippen LogP contribution in [0.15, 0.2) is 47.4 Å². The van der Waals surface area contributed by atoms with Gasteiger partial charge >= 0.3 is 0 Å². The highest BCUT2D eigenvalue weighted by Crippen LogP contribution is 2.21. The fourth-order valence-corrected chi connectivity index (χ4v) is 3.43. The maximum Gasteiger partial charge on any atom is 0.261 e. The molecule has 0 atom stereocenters. The van der Waals surface area contributed by atoms with E-state index < -0.39 is 10.0 Å². The fraction of sp³-hybridized carbons (Fsp3) is 0.316. The molecule has 7 heteroatoms. The Bertz CT molecular complexity index is 904. The molecular formula is C19H22N2O4S. The predicted molar refractivity (Wildman–Crippen MR) is 99.8 cm³/mol. The summed E-state index contributed by atoms with van der Waals surface area (Å²) in [5.41, 5.74) is 2.63. The summed E-state index contributed by atoms with van der Waals surface area (Å²) in [4.78, 5) is 11.7. The molecule has 2 N–H and O–H groups in total. The zero-order valence-electron chi connectivity index (χ0n) is 14.8. The summed E-state index contributed by atoms with van der Waals surface area (Å²) in [6.07, 6.45) is 2.04. The molecule has 138 valence electrons. The van der Waals surface area contributed by atoms with Gasteiger partial charge in [0.05, 0.1) is 4.90 Å². The number of aryl methyl sites for hydroxylation is 2. The lowest BCUT2D eigenvalue weighted by molar-refractivity contribution is -0.123. The van der Waals surface area contributed by atoms with E-state index >= 15 is 0 Å². The van der Waals surface area contributed by atoms with Gasteiger partial charge in [0, 0.05) is 11.7 Å². The van der Waals surface area contributed by atoms with Crippen LogP contribution in [0.2, 0.25) is 0 Å². The third-order valence-corrected chi connectivity index (χ3v) is 5.60. The van der Waals surface area contributed by atoms with E-state index in [0.29, 0.717) is 11.4 Å². The van der Waals surface area contributed by atoms with Crippen LogP contribution in [0.3, 0.4) is 0 Å². The maximum atomic E-state index is 12.5. The van der Waals surface area contributed by atoms with Gasteiger partial charge in [0.25, 0.3) is 15.9 Å². The van der Waals surface area contributed by atoms with Crippen molar-refractivity contribution < 1.29 is 17.9 Å². The molecule has 1 aliphatic carbocycles. The summed E-state index contributed by atoms with van der Waals surface area (Å²) in [7, 11) is -3.68. The summed E-state index contributed by atoms with van der Waals surface area (Å²) in [5, 5.41) is 2.83. The Kier molecular flexibility index (Phi) is 5.18. The normalized spacial score (nSPS) is 13.9. The monoisotopic (exact) mass is 374 g/mol. The Morgan fingerprint density at radius 1 is 1.08 bits per heavy atom. The number of benzene rings is 2. The minimum atomic E-state index is -3.68. The first-order valence-corrected chi connectivity index (χ1v) is 9.94. The van der Waals surface area contributed by atoms with Gasteiger partial charge in [-0.2, -0.15) is 0 Å². The van der Waals surface area contributed by atoms with Crippen molar-refractivity contribution in [1.29, 1.82) is 0 Å². The second-order valence-corrected chi connectivity index (χ2v) is 8.19. The van der Waals surface area contributed by atoms with Crippen LogP contribution in [0.4, 0.5) is 5.69 Å². The summed E-state index contributed by atoms with van der Waals surface area (Å²) in [5.74, 6) is 0.279. The van der Waals surface area contributed by atoms with E-state index in [1.807, 2.05) is 19.9 Å². The Hall–Kier alpha value is -2.54. The first-order chi connectivity index (χ1) is 12.3. The highest BCUT2D eigenvalue weighted by molar-refractivity contribution is 7.92. The molecular weight excluding hydrogens is 352 g/mol. The van der Waals surface area contributed by atoms with Gasteiger partial charge in [-0.05, 0) is 74.2 Å². The lowest BCUT2D eigenvalue weighted by Crippen LogP contribution is -2.30. The maximum absolute atomic E-state index is 12.5. The van der Waals surface area contributed by atoms with Crippen molar-refractivity contribution in [3.05, 3.63) is 53.6 Å². The minimum absolute atomic E-state index is 0.0799. The van der Waals surface area contributed by atoms with E-state index in [1.165, 1.54) is 12.1 Å². The van der Waals surface area contributed by atoms with Gasteiger partial charge < -0.3 is 10.1 Å². The molecule has 6 nitrogen and oxygen atoms in total. The molecule has 0 spiro atoms. The van der Waals surface area contributed by atoms with Gasteiger partial charge in [-0.25, -0.2) is 8.42 Å². The van der Waals surface area contributed by atoms with Crippen molar-refractivity contribution >= 4 is 21.6 Å². The van der Waals surface area contributed by atoms with Gasteiger partial charge in [0.15, 0.2) is 6.61 Å². The van der Waals surface area contributed by atoms with Crippen molar-refractivity contribution in [2.24, 2.45) is 0 Å². The van der Waals surface area contributed by atoms with E-state index in [9.17, 15) is 13.2 Å². The van der Waals surface area contributed by atoms with Gasteiger partial charge in [0.2, 0.25) is 0 Å². The van der Waals surface area contributed by atoms with Gasteiger partial charge in [-0.1, -0.05) is 6.07 Å². The largest absolute Gasteiger partial charge is 0.484 e. The van der Waals surface area contributed by atoms with E-state index in [2.05, 4.69) is 10.0 Å². The van der Waals surface area contributed by atoms with Crippen LogP contribution in [-0.4, -0.2) is 27.0 Å². The van der Waals surface area contributed by atoms with E-state index in [4.69, 9.17) is 4.74 Å². The number of nitrogens with one attached hydrogen (secondary N) is 2. The van der Waals surface area contributed by atoms with Crippen LogP contribution in [0.25, 0.3) is 0 Å². The van der Waals surface area contributed by atoms with Crippen LogP contribution in [-0.2, 0) is 14.8 Å². The molecule has 2 aromatic rings. The molecule has 1 aliphatic rings. The van der Waals surface area contributed by atoms with Crippen LogP contribution < -0.4 is 14.8 Å². The molecule has 0 saturated heterocycles. The second kappa shape index (κ2) is 7.37. The number of hydrogen-bond acceptors (Lipinski definition) is 4. The standard InChI is InChI=1S/C19H22N2O4S/c1-13-3-4-16(11-14(13)2)21-26(23,24)18-9-7-17(8-10-18)25-12-19(22)20-15-5-6-15/h3-4,7-11,15,21H,5-6,12H2,1-2H3,(H,20,22). The van der Waals surface area contributed by atoms with E-state index in [1.54, 1.807) is 24.3 Å². The molecule has 1 amide bonds. The number of anilines is 1. The first kappa shape index (κ1) is 18.3. The number of hydrogen-bond donors (Lipinski definition) is 2. The zero-order valence-corrected chi connectivity index (χ0v) is 15.6. The van der Waals surface area contributed by atoms with Crippen LogP contribution in [0, 0.1) is 13.8 Å². The molecule has 1 saturated carbocycles. The van der Waals surface area contributed by atoms with Gasteiger partial charge in [0.1, 0.15) is 5.75 Å². The van der Waals surface area contributed by atoms with Crippen molar-refractivity contribution in [2.75, 3.05) is 11.3 Å². The van der Waals surface area contributed by atoms with Gasteiger partial charge in [-0.15, -0.1) is 0 Å². The third kappa shape index (κ3) is 4.76. The summed E-state index contributed by atoms with van der Waals surface area (Å²) >= 11 is 0. The molecule has 0 heterocycles. The number of ether oxygens (including phenoxy) is 1. The predicted octanol–water partition coefficient (Wildman–Crippen LogP) is 2.76. The Morgan fingerprint density at radius 3 is 2.38 bits per heavy atom. The highest BCUT2D eigenvalue weighted by atomic mass is 32.2. The van der Waals surface area contributed by atoms with Crippen LogP contribution in [0.5, 0.6) is 5.75 Å². The summed E-state index contributed by atoms with van der Waals surface area (Å²) in [6, 6.07) is 11.7. The molecule has 0 radical (unpaired) electrons. The molecule has 0 aliphatic heterocycles. The zero-order chi connectivity index (χ0) is 18.7. The molecule has 0 aromatic heterocycles. The first-order valence-electron chi connectivity index (χ1n) is 8.46. The van der Waals surface area contributed by atoms with Crippen LogP contribution >= 0.6 is 0 Å². The summed E-state index contributed by atoms with van der Waals surface area (Å²) < 4.78 is 32.9. The Morgan fingerprint density at radius 2 is 1.77 bits per heavy atom. The van der Waals surface area contributed by atoms with Crippen molar-refractivity contribution in [3.8, 4) is 5.75 Å². The summed E-state index contributed by atoms with van der Waals surface area (Å²) in [6.45, 7) is 3.82. The number of amides is 1. The van der Waals surface area contributed by atoms with Gasteiger partial charge in [-0.3, -0.25) is 9.52 Å². The van der Waals surface area contributed by atoms with Crippen molar-refractivity contribution in [2.45, 2.75) is 37.6 Å². The minimum Gasteiger partial charge on any atom is -0.484 e. The van der Waals surface area contributed by atoms with Crippen molar-refractivity contribution in [1.82, 2.24) is 5.32 Å². The molecule has 0 bridgehead atoms. The highest BCUT2D eigenvalue weighted by Gasteiger charge is 2.23. The topological polar surface area (TPSA) is 84.5 Å². The third-order valence-electron chi connectivity index (χ3n) is 4.21. The Balaban J connectivity index is 1.62. The number of rotatable bonds is 7. The lowest BCUT2D eigenvalue weighted by atomic mass is 10.1. The van der Waals surface area contributed by atoms with E-state index in [-0.39, 0.29) is 23.5 Å². The molecule has 0 unspecified atom stereocenters. The smallest absolute Gasteiger partial charge is 0.261 e. The van der Waals surface area contributed by atoms with Crippen LogP contribution in [0.1, 0.15) is 24.0 Å². The molecule has 3 rings (SSSR count). The van der Waals surface area contributed by atoms with Crippen molar-refractivity contribution in [3.63, 3.8) is 0 Å². The molecule has 26 heavy (non-hydrogen) atoms. The quantitative estimate of drug-likeness (QED) is 0.780. The average molecular weight is 374 g/mol. The number of carbonyl (C=O) groups is 1. The fourth-order valence-electron chi connectivity index (χ4n) is 2.38. The Labute approximate surface area is 153 Å². The lowest BCUT2D eigenvalue weighted by Gasteiger charge is -2.11. The SMILES string of the molecule is Cc1ccc(NS(=O)(=O)c2ccc(OCC(=O)NC3CC3)cc2)cc1C. The number of sulfonamides is 1. The second-order valence-electron chi connectivity index (χ2n) is 6.51. The van der Waals surface area contributed by atoms with E-state index in [0.717, 1.165) is 24.0 Å². The average Bonchev–Trinajstić information content (AvgIpc) is 3.40. The number of carbonyl (C=O) groups excluding carboxylic acids is 1. The molecule has 1 fully saturated rings.